The van der Waals surface area contributed by atoms with Crippen LogP contribution in [0.2, 0.25) is 0 Å². The van der Waals surface area contributed by atoms with Gasteiger partial charge < -0.3 is 24.4 Å². The van der Waals surface area contributed by atoms with Gasteiger partial charge >= 0.3 is 0 Å². The van der Waals surface area contributed by atoms with E-state index in [2.05, 4.69) is 22.3 Å². The molecule has 4 aromatic carbocycles. The van der Waals surface area contributed by atoms with Crippen LogP contribution in [0.5, 0.6) is 17.2 Å². The third-order valence-corrected chi connectivity index (χ3v) is 7.71. The van der Waals surface area contributed by atoms with Crippen molar-refractivity contribution in [1.29, 1.82) is 0 Å². The number of methoxy groups -OCH3 is 1. The first-order valence-electron chi connectivity index (χ1n) is 13.7. The Kier molecular flexibility index (Phi) is 5.49. The molecule has 8 rings (SSSR count). The molecule has 1 atom stereocenters. The highest BCUT2D eigenvalue weighted by Crippen LogP contribution is 2.50. The van der Waals surface area contributed by atoms with Gasteiger partial charge in [0.25, 0.3) is 0 Å². The number of rotatable bonds is 4. The van der Waals surface area contributed by atoms with E-state index < -0.39 is 0 Å². The number of para-hydroxylation sites is 4. The Morgan fingerprint density at radius 2 is 1.64 bits per heavy atom. The second-order valence-corrected chi connectivity index (χ2v) is 10.2. The van der Waals surface area contributed by atoms with E-state index in [0.717, 1.165) is 56.9 Å². The van der Waals surface area contributed by atoms with Crippen LogP contribution in [-0.4, -0.2) is 35.4 Å². The van der Waals surface area contributed by atoms with E-state index in [1.807, 2.05) is 96.5 Å². The number of fused-ring (bicyclic) bond motifs is 5. The summed E-state index contributed by atoms with van der Waals surface area (Å²) in [5, 5.41) is 8.54. The zero-order valence-corrected chi connectivity index (χ0v) is 23.0. The number of hydrogen-bond acceptors (Lipinski definition) is 8. The summed E-state index contributed by atoms with van der Waals surface area (Å²) in [6.45, 7) is 2.25. The van der Waals surface area contributed by atoms with Gasteiger partial charge in [-0.1, -0.05) is 48.5 Å². The molecule has 5 aromatic rings. The predicted molar refractivity (Wildman–Crippen MR) is 162 cm³/mol. The van der Waals surface area contributed by atoms with Crippen LogP contribution in [0.25, 0.3) is 5.69 Å². The van der Waals surface area contributed by atoms with Crippen molar-refractivity contribution in [3.63, 3.8) is 0 Å². The van der Waals surface area contributed by atoms with Crippen LogP contribution in [0.4, 0.5) is 22.9 Å². The molecule has 9 nitrogen and oxygen atoms in total. The monoisotopic (exact) mass is 554 g/mol. The van der Waals surface area contributed by atoms with Crippen LogP contribution >= 0.6 is 0 Å². The van der Waals surface area contributed by atoms with Gasteiger partial charge in [0.1, 0.15) is 5.75 Å². The maximum absolute atomic E-state index is 5.91. The fraction of sp³-hybridized carbons (Fsp3) is 0.121. The highest BCUT2D eigenvalue weighted by atomic mass is 16.7. The quantitative estimate of drug-likeness (QED) is 0.266. The van der Waals surface area contributed by atoms with Gasteiger partial charge in [0.15, 0.2) is 29.0 Å². The number of nitrogens with zero attached hydrogens (tertiary/aromatic N) is 5. The smallest absolute Gasteiger partial charge is 0.231 e. The van der Waals surface area contributed by atoms with Gasteiger partial charge in [-0.05, 0) is 49.4 Å². The van der Waals surface area contributed by atoms with E-state index in [1.54, 1.807) is 7.11 Å². The number of amidine groups is 2. The van der Waals surface area contributed by atoms with Crippen molar-refractivity contribution in [1.82, 2.24) is 9.78 Å². The van der Waals surface area contributed by atoms with Crippen LogP contribution < -0.4 is 24.4 Å². The fourth-order valence-electron chi connectivity index (χ4n) is 5.84. The van der Waals surface area contributed by atoms with Crippen LogP contribution in [0.3, 0.4) is 0 Å². The van der Waals surface area contributed by atoms with Crippen molar-refractivity contribution >= 4 is 34.6 Å². The number of anilines is 2. The minimum absolute atomic E-state index is 0.208. The zero-order valence-electron chi connectivity index (χ0n) is 23.0. The Morgan fingerprint density at radius 3 is 2.52 bits per heavy atom. The molecule has 9 heteroatoms. The Bertz CT molecular complexity index is 1910. The molecule has 0 saturated heterocycles. The lowest BCUT2D eigenvalue weighted by atomic mass is 9.92. The van der Waals surface area contributed by atoms with Gasteiger partial charge in [-0.15, -0.1) is 0 Å². The number of ether oxygens (including phenoxy) is 3. The van der Waals surface area contributed by atoms with E-state index in [-0.39, 0.29) is 12.8 Å². The third-order valence-electron chi connectivity index (χ3n) is 7.71. The van der Waals surface area contributed by atoms with E-state index in [9.17, 15) is 0 Å². The number of hydrogen-bond donors (Lipinski definition) is 1. The maximum atomic E-state index is 5.91. The van der Waals surface area contributed by atoms with Crippen LogP contribution in [-0.2, 0) is 0 Å². The summed E-state index contributed by atoms with van der Waals surface area (Å²) in [4.78, 5) is 12.6. The van der Waals surface area contributed by atoms with Gasteiger partial charge in [-0.3, -0.25) is 0 Å². The number of benzene rings is 4. The minimum atomic E-state index is -0.286. The minimum Gasteiger partial charge on any atom is -0.496 e. The van der Waals surface area contributed by atoms with Gasteiger partial charge in [0.05, 0.1) is 35.9 Å². The summed E-state index contributed by atoms with van der Waals surface area (Å²) in [5.41, 5.74) is 6.41. The molecule has 0 aliphatic carbocycles. The van der Waals surface area contributed by atoms with Crippen molar-refractivity contribution in [3.8, 4) is 22.9 Å². The molecule has 1 aromatic heterocycles. The molecule has 1 N–H and O–H groups in total. The summed E-state index contributed by atoms with van der Waals surface area (Å²) in [5.74, 6) is 4.22. The molecule has 0 spiro atoms. The summed E-state index contributed by atoms with van der Waals surface area (Å²) in [6, 6.07) is 31.8. The lowest BCUT2D eigenvalue weighted by Gasteiger charge is -2.41. The van der Waals surface area contributed by atoms with E-state index in [0.29, 0.717) is 17.4 Å². The Labute approximate surface area is 242 Å². The Balaban J connectivity index is 1.38. The highest BCUT2D eigenvalue weighted by Gasteiger charge is 2.42. The molecule has 3 aliphatic rings. The predicted octanol–water partition coefficient (Wildman–Crippen LogP) is 6.71. The molecular weight excluding hydrogens is 528 g/mol. The largest absolute Gasteiger partial charge is 0.496 e. The van der Waals surface area contributed by atoms with E-state index in [4.69, 9.17) is 29.3 Å². The summed E-state index contributed by atoms with van der Waals surface area (Å²) < 4.78 is 19.0. The average Bonchev–Trinajstić information content (AvgIpc) is 3.64. The lowest BCUT2D eigenvalue weighted by molar-refractivity contribution is 0.174. The summed E-state index contributed by atoms with van der Waals surface area (Å²) >= 11 is 0. The number of aromatic nitrogens is 2. The fourth-order valence-corrected chi connectivity index (χ4v) is 5.84. The second-order valence-electron chi connectivity index (χ2n) is 10.2. The van der Waals surface area contributed by atoms with Gasteiger partial charge in [0.2, 0.25) is 6.79 Å². The van der Waals surface area contributed by atoms with Crippen molar-refractivity contribution in [2.45, 2.75) is 13.0 Å². The number of aliphatic imine (C=N–C) groups is 2. The second kappa shape index (κ2) is 9.52. The third kappa shape index (κ3) is 3.74. The molecule has 0 fully saturated rings. The molecule has 0 amide bonds. The normalized spacial score (nSPS) is 16.1. The van der Waals surface area contributed by atoms with Crippen LogP contribution in [0.1, 0.15) is 22.9 Å². The molecule has 42 heavy (non-hydrogen) atoms. The first kappa shape index (κ1) is 24.2. The van der Waals surface area contributed by atoms with Crippen LogP contribution in [0.15, 0.2) is 107 Å². The standard InChI is InChI=1S/C33H26N6O3/c1-20-29-30(23-12-6-9-15-26(23)40-2)38-25-14-8-7-13-24(25)35-31(34-21-16-17-27-28(18-21)42-19-41-27)33(38)36-32(29)39(37-20)22-10-4-3-5-11-22/h3-18,30H,19H2,1-2H3,(H,34,35)/t30-/m1/s1. The molecular formula is C33H26N6O3. The van der Waals surface area contributed by atoms with Crippen molar-refractivity contribution in [3.05, 3.63) is 114 Å². The zero-order chi connectivity index (χ0) is 28.2. The molecule has 0 bridgehead atoms. The number of aryl methyl sites for hydroxylation is 1. The van der Waals surface area contributed by atoms with E-state index in [1.165, 1.54) is 0 Å². The molecule has 0 unspecified atom stereocenters. The summed E-state index contributed by atoms with van der Waals surface area (Å²) in [6.07, 6.45) is 0. The molecule has 0 radical (unpaired) electrons. The van der Waals surface area contributed by atoms with Crippen LogP contribution in [0, 0.1) is 6.92 Å². The van der Waals surface area contributed by atoms with Gasteiger partial charge in [-0.25, -0.2) is 14.7 Å². The Hall–Kier alpha value is -5.57. The van der Waals surface area contributed by atoms with E-state index >= 15 is 0 Å². The van der Waals surface area contributed by atoms with Crippen molar-refractivity contribution < 1.29 is 14.2 Å². The average molecular weight is 555 g/mol. The van der Waals surface area contributed by atoms with Crippen molar-refractivity contribution in [2.75, 3.05) is 24.1 Å². The summed E-state index contributed by atoms with van der Waals surface area (Å²) in [7, 11) is 1.70. The van der Waals surface area contributed by atoms with Gasteiger partial charge in [-0.2, -0.15) is 5.10 Å². The highest BCUT2D eigenvalue weighted by molar-refractivity contribution is 6.51. The maximum Gasteiger partial charge on any atom is 0.231 e. The topological polar surface area (TPSA) is 85.5 Å². The Morgan fingerprint density at radius 1 is 0.857 bits per heavy atom. The SMILES string of the molecule is COc1ccccc1[C@@H]1c2c(C)nn(-c3ccccc3)c2N=C2C(Nc3ccc4c(c3)OCO4)=Nc3ccccc3N21. The molecule has 3 aliphatic heterocycles. The first-order valence-corrected chi connectivity index (χ1v) is 13.7. The van der Waals surface area contributed by atoms with Crippen molar-refractivity contribution in [2.24, 2.45) is 9.98 Å². The molecule has 0 saturated carbocycles. The first-order chi connectivity index (χ1) is 20.7. The number of nitrogens with one attached hydrogen (secondary N) is 1. The molecule has 4 heterocycles. The van der Waals surface area contributed by atoms with Gasteiger partial charge in [0, 0.05) is 22.9 Å². The lowest BCUT2D eigenvalue weighted by Crippen LogP contribution is -2.46. The molecule has 206 valence electrons.